The van der Waals surface area contributed by atoms with Gasteiger partial charge in [-0.25, -0.2) is 9.13 Å². The van der Waals surface area contributed by atoms with Crippen molar-refractivity contribution in [1.82, 2.24) is 0 Å². The maximum absolute atomic E-state index is 13.0. The monoisotopic (exact) mass is 1230 g/mol. The molecule has 5 atom stereocenters. The average molecular weight is 1230 g/mol. The normalized spacial score (nSPS) is 14.4. The van der Waals surface area contributed by atoms with E-state index in [4.69, 9.17) is 37.0 Å². The van der Waals surface area contributed by atoms with Crippen molar-refractivity contribution in [2.45, 2.75) is 330 Å². The molecule has 0 aromatic rings. The molecule has 0 aliphatic carbocycles. The van der Waals surface area contributed by atoms with Gasteiger partial charge in [-0.15, -0.1) is 0 Å². The van der Waals surface area contributed by atoms with Crippen molar-refractivity contribution in [3.63, 3.8) is 0 Å². The molecule has 83 heavy (non-hydrogen) atoms. The Morgan fingerprint density at radius 1 is 0.325 bits per heavy atom. The maximum atomic E-state index is 13.0. The first-order chi connectivity index (χ1) is 39.7. The van der Waals surface area contributed by atoms with Gasteiger partial charge in [0.05, 0.1) is 26.4 Å². The van der Waals surface area contributed by atoms with Crippen LogP contribution in [0.1, 0.15) is 312 Å². The van der Waals surface area contributed by atoms with Gasteiger partial charge in [0, 0.05) is 25.7 Å². The smallest absolute Gasteiger partial charge is 0.462 e. The highest BCUT2D eigenvalue weighted by atomic mass is 31.2. The highest BCUT2D eigenvalue weighted by Gasteiger charge is 2.30. The second-order valence-corrected chi connectivity index (χ2v) is 27.5. The summed E-state index contributed by atoms with van der Waals surface area (Å²) in [5.74, 6) is -0.0589. The predicted molar refractivity (Wildman–Crippen MR) is 331 cm³/mol. The summed E-state index contributed by atoms with van der Waals surface area (Å²) in [6.07, 6.45) is 36.5. The summed E-state index contributed by atoms with van der Waals surface area (Å²) in [6, 6.07) is 0. The number of esters is 4. The van der Waals surface area contributed by atoms with Crippen LogP contribution in [0.2, 0.25) is 0 Å². The lowest BCUT2D eigenvalue weighted by molar-refractivity contribution is -0.161. The average Bonchev–Trinajstić information content (AvgIpc) is 3.48. The number of carbonyl (C=O) groups excluding carboxylic acids is 4. The van der Waals surface area contributed by atoms with Crippen molar-refractivity contribution >= 4 is 39.5 Å². The number of phosphoric acid groups is 2. The summed E-state index contributed by atoms with van der Waals surface area (Å²) in [7, 11) is -9.89. The molecule has 19 heteroatoms. The standard InChI is InChI=1S/C64H124O17P2/c1-8-9-10-11-12-13-14-15-16-17-18-23-33-40-47-63(68)80-59(51-74-61(66)45-38-31-24-19-21-28-35-42-55(2)3)53-78-82(70,71)76-49-58(65)50-77-83(72,73)79-54-60(52-75-62(67)46-39-32-27-26-30-37-44-57(6)7)81-64(69)48-41-34-25-20-22-29-36-43-56(4)5/h55-60,65H,8-54H2,1-7H3,(H,70,71)(H,72,73)/t58-,59-,60-/m1/s1. The molecular weight excluding hydrogens is 1100 g/mol. The van der Waals surface area contributed by atoms with Crippen molar-refractivity contribution in [2.75, 3.05) is 39.6 Å². The lowest BCUT2D eigenvalue weighted by Crippen LogP contribution is -2.30. The molecule has 0 bridgehead atoms. The van der Waals surface area contributed by atoms with Gasteiger partial charge < -0.3 is 33.8 Å². The Morgan fingerprint density at radius 2 is 0.554 bits per heavy atom. The van der Waals surface area contributed by atoms with Gasteiger partial charge in [-0.1, -0.05) is 260 Å². The van der Waals surface area contributed by atoms with Gasteiger partial charge in [-0.2, -0.15) is 0 Å². The van der Waals surface area contributed by atoms with Gasteiger partial charge >= 0.3 is 39.5 Å². The maximum Gasteiger partial charge on any atom is 0.472 e. The minimum absolute atomic E-state index is 0.102. The first-order valence-corrected chi connectivity index (χ1v) is 36.3. The van der Waals surface area contributed by atoms with E-state index in [0.29, 0.717) is 43.4 Å². The Hall–Kier alpha value is -1.94. The summed E-state index contributed by atoms with van der Waals surface area (Å²) in [6.45, 7) is 11.6. The Kier molecular flexibility index (Phi) is 54.1. The Balaban J connectivity index is 5.24. The van der Waals surface area contributed by atoms with Crippen LogP contribution in [0, 0.1) is 17.8 Å². The fourth-order valence-electron chi connectivity index (χ4n) is 9.48. The lowest BCUT2D eigenvalue weighted by Gasteiger charge is -2.21. The van der Waals surface area contributed by atoms with E-state index in [1.54, 1.807) is 0 Å². The highest BCUT2D eigenvalue weighted by Crippen LogP contribution is 2.45. The van der Waals surface area contributed by atoms with Gasteiger partial charge in [-0.3, -0.25) is 37.3 Å². The van der Waals surface area contributed by atoms with E-state index in [2.05, 4.69) is 48.5 Å². The molecule has 2 unspecified atom stereocenters. The van der Waals surface area contributed by atoms with E-state index in [-0.39, 0.29) is 25.7 Å². The molecule has 492 valence electrons. The van der Waals surface area contributed by atoms with Crippen molar-refractivity contribution in [3.8, 4) is 0 Å². The van der Waals surface area contributed by atoms with Crippen LogP contribution in [0.3, 0.4) is 0 Å². The molecule has 0 aromatic heterocycles. The first-order valence-electron chi connectivity index (χ1n) is 33.3. The largest absolute Gasteiger partial charge is 0.472 e. The predicted octanol–water partition coefficient (Wildman–Crippen LogP) is 17.5. The number of aliphatic hydroxyl groups excluding tert-OH is 1. The van der Waals surface area contributed by atoms with Crippen LogP contribution in [-0.2, 0) is 65.4 Å². The number of hydrogen-bond acceptors (Lipinski definition) is 15. The van der Waals surface area contributed by atoms with Crippen molar-refractivity contribution in [1.29, 1.82) is 0 Å². The minimum atomic E-state index is -4.94. The van der Waals surface area contributed by atoms with E-state index in [0.717, 1.165) is 103 Å². The summed E-state index contributed by atoms with van der Waals surface area (Å²) < 4.78 is 67.9. The molecule has 0 heterocycles. The summed E-state index contributed by atoms with van der Waals surface area (Å²) in [4.78, 5) is 72.2. The highest BCUT2D eigenvalue weighted by molar-refractivity contribution is 7.47. The number of ether oxygens (including phenoxy) is 4. The minimum Gasteiger partial charge on any atom is -0.462 e. The Labute approximate surface area is 505 Å². The third-order valence-corrected chi connectivity index (χ3v) is 16.5. The van der Waals surface area contributed by atoms with E-state index in [1.165, 1.54) is 109 Å². The van der Waals surface area contributed by atoms with E-state index >= 15 is 0 Å². The van der Waals surface area contributed by atoms with Crippen LogP contribution in [0.5, 0.6) is 0 Å². The molecule has 0 saturated heterocycles. The van der Waals surface area contributed by atoms with Crippen LogP contribution in [-0.4, -0.2) is 96.7 Å². The summed E-state index contributed by atoms with van der Waals surface area (Å²) >= 11 is 0. The number of phosphoric ester groups is 2. The molecule has 0 rings (SSSR count). The summed E-state index contributed by atoms with van der Waals surface area (Å²) in [5, 5.41) is 10.5. The van der Waals surface area contributed by atoms with E-state index in [1.807, 2.05) is 0 Å². The van der Waals surface area contributed by atoms with Crippen LogP contribution in [0.25, 0.3) is 0 Å². The van der Waals surface area contributed by atoms with Crippen molar-refractivity contribution in [2.24, 2.45) is 17.8 Å². The zero-order chi connectivity index (χ0) is 61.7. The van der Waals surface area contributed by atoms with Gasteiger partial charge in [0.25, 0.3) is 0 Å². The molecule has 0 aliphatic rings. The third kappa shape index (κ3) is 58.8. The number of hydrogen-bond donors (Lipinski definition) is 3. The van der Waals surface area contributed by atoms with Gasteiger partial charge in [0.15, 0.2) is 12.2 Å². The second kappa shape index (κ2) is 55.4. The molecule has 0 saturated carbocycles. The Bertz CT molecular complexity index is 1650. The fourth-order valence-corrected chi connectivity index (χ4v) is 11.1. The van der Waals surface area contributed by atoms with E-state index < -0.39 is 97.5 Å². The zero-order valence-corrected chi connectivity index (χ0v) is 55.4. The van der Waals surface area contributed by atoms with Crippen LogP contribution in [0.15, 0.2) is 0 Å². The number of aliphatic hydroxyl groups is 1. The third-order valence-electron chi connectivity index (χ3n) is 14.6. The zero-order valence-electron chi connectivity index (χ0n) is 53.6. The van der Waals surface area contributed by atoms with Crippen LogP contribution < -0.4 is 0 Å². The van der Waals surface area contributed by atoms with Crippen molar-refractivity contribution in [3.05, 3.63) is 0 Å². The van der Waals surface area contributed by atoms with Gasteiger partial charge in [0.2, 0.25) is 0 Å². The van der Waals surface area contributed by atoms with Crippen LogP contribution >= 0.6 is 15.6 Å². The Morgan fingerprint density at radius 3 is 0.819 bits per heavy atom. The van der Waals surface area contributed by atoms with Crippen LogP contribution in [0.4, 0.5) is 0 Å². The molecule has 0 aromatic carbocycles. The molecule has 0 radical (unpaired) electrons. The summed E-state index contributed by atoms with van der Waals surface area (Å²) in [5.41, 5.74) is 0. The SMILES string of the molecule is CCCCCCCCCCCCCCCCC(=O)O[C@H](COC(=O)CCCCCCCCCC(C)C)COP(=O)(O)OC[C@@H](O)COP(=O)(O)OC[C@@H](COC(=O)CCCCCCCCC(C)C)OC(=O)CCCCCCCCCC(C)C. The molecule has 0 spiro atoms. The number of unbranched alkanes of at least 4 members (excludes halogenated alkanes) is 30. The quantitative estimate of drug-likeness (QED) is 0.0222. The first kappa shape index (κ1) is 81.1. The molecule has 0 fully saturated rings. The van der Waals surface area contributed by atoms with E-state index in [9.17, 15) is 43.2 Å². The molecule has 0 aliphatic heterocycles. The molecule has 3 N–H and O–H groups in total. The molecule has 17 nitrogen and oxygen atoms in total. The number of carbonyl (C=O) groups is 4. The molecular formula is C64H124O17P2. The lowest BCUT2D eigenvalue weighted by atomic mass is 10.0. The fraction of sp³-hybridized carbons (Fsp3) is 0.938. The molecule has 0 amide bonds. The van der Waals surface area contributed by atoms with Crippen molar-refractivity contribution < 1.29 is 80.2 Å². The number of rotatable bonds is 62. The van der Waals surface area contributed by atoms with Gasteiger partial charge in [-0.05, 0) is 43.4 Å². The van der Waals surface area contributed by atoms with Gasteiger partial charge in [0.1, 0.15) is 19.3 Å². The second-order valence-electron chi connectivity index (χ2n) is 24.6. The topological polar surface area (TPSA) is 237 Å².